The summed E-state index contributed by atoms with van der Waals surface area (Å²) in [5.41, 5.74) is 1.22. The normalized spacial score (nSPS) is 21.9. The molecule has 1 fully saturated rings. The molecule has 1 aromatic carbocycles. The second-order valence-corrected chi connectivity index (χ2v) is 5.92. The molecule has 0 N–H and O–H groups in total. The highest BCUT2D eigenvalue weighted by molar-refractivity contribution is 5.13. The molecule has 0 amide bonds. The Balaban J connectivity index is 1.66. The third-order valence-electron chi connectivity index (χ3n) is 4.15. The molecule has 0 saturated carbocycles. The van der Waals surface area contributed by atoms with Crippen LogP contribution in [0.5, 0.6) is 0 Å². The van der Waals surface area contributed by atoms with E-state index in [1.54, 1.807) is 0 Å². The SMILES string of the molecule is C=C/C=C/C[C@H]1OCCC[C@@H]1C/C=C\COCc1ccccc1. The van der Waals surface area contributed by atoms with E-state index < -0.39 is 0 Å². The Hall–Kier alpha value is -1.64. The van der Waals surface area contributed by atoms with Crippen molar-refractivity contribution in [1.82, 2.24) is 0 Å². The first kappa shape index (κ1) is 17.7. The number of hydrogen-bond donors (Lipinski definition) is 0. The molecule has 23 heavy (non-hydrogen) atoms. The molecule has 2 heteroatoms. The third kappa shape index (κ3) is 6.98. The van der Waals surface area contributed by atoms with E-state index in [4.69, 9.17) is 9.47 Å². The van der Waals surface area contributed by atoms with Crippen molar-refractivity contribution >= 4 is 0 Å². The van der Waals surface area contributed by atoms with Gasteiger partial charge >= 0.3 is 0 Å². The maximum Gasteiger partial charge on any atom is 0.0721 e. The maximum absolute atomic E-state index is 5.92. The van der Waals surface area contributed by atoms with Crippen LogP contribution in [0.25, 0.3) is 0 Å². The number of ether oxygens (including phenoxy) is 2. The van der Waals surface area contributed by atoms with Gasteiger partial charge in [0.05, 0.1) is 19.3 Å². The van der Waals surface area contributed by atoms with Gasteiger partial charge in [-0.15, -0.1) is 0 Å². The van der Waals surface area contributed by atoms with E-state index in [9.17, 15) is 0 Å². The monoisotopic (exact) mass is 312 g/mol. The Morgan fingerprint density at radius 3 is 2.83 bits per heavy atom. The van der Waals surface area contributed by atoms with Crippen LogP contribution in [0.4, 0.5) is 0 Å². The molecule has 124 valence electrons. The highest BCUT2D eigenvalue weighted by Gasteiger charge is 2.23. The Morgan fingerprint density at radius 1 is 1.13 bits per heavy atom. The van der Waals surface area contributed by atoms with E-state index in [0.29, 0.717) is 25.2 Å². The molecule has 0 radical (unpaired) electrons. The van der Waals surface area contributed by atoms with Gasteiger partial charge < -0.3 is 9.47 Å². The second kappa shape index (κ2) is 11.0. The van der Waals surface area contributed by atoms with Crippen molar-refractivity contribution in [2.75, 3.05) is 13.2 Å². The molecule has 2 atom stereocenters. The molecular formula is C21H28O2. The lowest BCUT2D eigenvalue weighted by atomic mass is 9.89. The van der Waals surface area contributed by atoms with E-state index in [1.807, 2.05) is 30.4 Å². The molecule has 2 nitrogen and oxygen atoms in total. The average Bonchev–Trinajstić information content (AvgIpc) is 2.60. The van der Waals surface area contributed by atoms with Crippen molar-refractivity contribution in [3.8, 4) is 0 Å². The van der Waals surface area contributed by atoms with Crippen LogP contribution in [0, 0.1) is 5.92 Å². The summed E-state index contributed by atoms with van der Waals surface area (Å²) in [6.45, 7) is 5.95. The summed E-state index contributed by atoms with van der Waals surface area (Å²) >= 11 is 0. The van der Waals surface area contributed by atoms with Crippen LogP contribution in [0.15, 0.2) is 67.3 Å². The van der Waals surface area contributed by atoms with Crippen LogP contribution in [-0.4, -0.2) is 19.3 Å². The van der Waals surface area contributed by atoms with Gasteiger partial charge in [0.25, 0.3) is 0 Å². The van der Waals surface area contributed by atoms with Gasteiger partial charge in [-0.3, -0.25) is 0 Å². The predicted molar refractivity (Wildman–Crippen MR) is 96.3 cm³/mol. The minimum absolute atomic E-state index is 0.342. The van der Waals surface area contributed by atoms with Crippen LogP contribution in [-0.2, 0) is 16.1 Å². The average molecular weight is 312 g/mol. The number of allylic oxidation sites excluding steroid dienone is 3. The van der Waals surface area contributed by atoms with E-state index >= 15 is 0 Å². The van der Waals surface area contributed by atoms with Crippen LogP contribution >= 0.6 is 0 Å². The van der Waals surface area contributed by atoms with Crippen molar-refractivity contribution in [2.24, 2.45) is 5.92 Å². The van der Waals surface area contributed by atoms with Gasteiger partial charge in [0.15, 0.2) is 0 Å². The third-order valence-corrected chi connectivity index (χ3v) is 4.15. The van der Waals surface area contributed by atoms with Crippen molar-refractivity contribution in [2.45, 2.75) is 38.4 Å². The molecule has 0 spiro atoms. The largest absolute Gasteiger partial charge is 0.378 e. The maximum atomic E-state index is 5.92. The minimum atomic E-state index is 0.342. The number of hydrogen-bond acceptors (Lipinski definition) is 2. The van der Waals surface area contributed by atoms with Gasteiger partial charge in [0, 0.05) is 6.61 Å². The van der Waals surface area contributed by atoms with Crippen molar-refractivity contribution in [3.05, 3.63) is 72.9 Å². The molecular weight excluding hydrogens is 284 g/mol. The fourth-order valence-electron chi connectivity index (χ4n) is 2.90. The Bertz CT molecular complexity index is 490. The van der Waals surface area contributed by atoms with Crippen LogP contribution < -0.4 is 0 Å². The Labute approximate surface area is 140 Å². The second-order valence-electron chi connectivity index (χ2n) is 5.92. The molecule has 1 saturated heterocycles. The Kier molecular flexibility index (Phi) is 8.46. The van der Waals surface area contributed by atoms with Gasteiger partial charge in [0.2, 0.25) is 0 Å². The van der Waals surface area contributed by atoms with Crippen molar-refractivity contribution in [3.63, 3.8) is 0 Å². The molecule has 1 aliphatic heterocycles. The van der Waals surface area contributed by atoms with Gasteiger partial charge in [-0.25, -0.2) is 0 Å². The van der Waals surface area contributed by atoms with E-state index in [1.165, 1.54) is 18.4 Å². The molecule has 0 unspecified atom stereocenters. The first-order valence-electron chi connectivity index (χ1n) is 8.56. The fraction of sp³-hybridized carbons (Fsp3) is 0.429. The zero-order valence-corrected chi connectivity index (χ0v) is 13.9. The quantitative estimate of drug-likeness (QED) is 0.360. The molecule has 2 rings (SSSR count). The molecule has 0 bridgehead atoms. The summed E-state index contributed by atoms with van der Waals surface area (Å²) in [5, 5.41) is 0. The van der Waals surface area contributed by atoms with Crippen molar-refractivity contribution in [1.29, 1.82) is 0 Å². The summed E-state index contributed by atoms with van der Waals surface area (Å²) in [6, 6.07) is 10.3. The summed E-state index contributed by atoms with van der Waals surface area (Å²) in [6.07, 6.45) is 15.2. The van der Waals surface area contributed by atoms with Crippen LogP contribution in [0.3, 0.4) is 0 Å². The number of rotatable bonds is 9. The van der Waals surface area contributed by atoms with Gasteiger partial charge in [-0.1, -0.05) is 67.3 Å². The highest BCUT2D eigenvalue weighted by Crippen LogP contribution is 2.26. The molecule has 0 aromatic heterocycles. The van der Waals surface area contributed by atoms with Crippen LogP contribution in [0.1, 0.15) is 31.2 Å². The van der Waals surface area contributed by atoms with Crippen molar-refractivity contribution < 1.29 is 9.47 Å². The smallest absolute Gasteiger partial charge is 0.0721 e. The zero-order chi connectivity index (χ0) is 16.2. The molecule has 1 aromatic rings. The van der Waals surface area contributed by atoms with E-state index in [-0.39, 0.29) is 0 Å². The van der Waals surface area contributed by atoms with Gasteiger partial charge in [0.1, 0.15) is 0 Å². The summed E-state index contributed by atoms with van der Waals surface area (Å²) in [7, 11) is 0. The van der Waals surface area contributed by atoms with Gasteiger partial charge in [-0.05, 0) is 37.2 Å². The molecule has 0 aliphatic carbocycles. The minimum Gasteiger partial charge on any atom is -0.378 e. The topological polar surface area (TPSA) is 18.5 Å². The number of benzene rings is 1. The highest BCUT2D eigenvalue weighted by atomic mass is 16.5. The standard InChI is InChI=1S/C21H28O2/c1-2-3-5-15-21-20(14-10-17-23-21)13-8-9-16-22-18-19-11-6-4-7-12-19/h2-9,11-12,20-21H,1,10,13-18H2/b5-3+,9-8-/t20-,21+/m0/s1. The Morgan fingerprint density at radius 2 is 2.00 bits per heavy atom. The zero-order valence-electron chi connectivity index (χ0n) is 13.9. The summed E-state index contributed by atoms with van der Waals surface area (Å²) in [5.74, 6) is 0.614. The van der Waals surface area contributed by atoms with Gasteiger partial charge in [-0.2, -0.15) is 0 Å². The first-order valence-corrected chi connectivity index (χ1v) is 8.56. The van der Waals surface area contributed by atoms with E-state index in [0.717, 1.165) is 19.4 Å². The lowest BCUT2D eigenvalue weighted by Crippen LogP contribution is -2.28. The lowest BCUT2D eigenvalue weighted by molar-refractivity contribution is -0.0230. The fourth-order valence-corrected chi connectivity index (χ4v) is 2.90. The summed E-state index contributed by atoms with van der Waals surface area (Å²) in [4.78, 5) is 0. The molecule has 1 aliphatic rings. The summed E-state index contributed by atoms with van der Waals surface area (Å²) < 4.78 is 11.6. The van der Waals surface area contributed by atoms with Crippen LogP contribution in [0.2, 0.25) is 0 Å². The lowest BCUT2D eigenvalue weighted by Gasteiger charge is -2.30. The molecule has 1 heterocycles. The van der Waals surface area contributed by atoms with E-state index in [2.05, 4.69) is 36.9 Å². The first-order chi connectivity index (χ1) is 11.4. The predicted octanol–water partition coefficient (Wildman–Crippen LogP) is 5.08.